The highest BCUT2D eigenvalue weighted by Crippen LogP contribution is 2.17. The summed E-state index contributed by atoms with van der Waals surface area (Å²) < 4.78 is 0. The minimum absolute atomic E-state index is 0.00410. The average Bonchev–Trinajstić information content (AvgIpc) is 2.59. The van der Waals surface area contributed by atoms with Crippen molar-refractivity contribution < 1.29 is 9.59 Å². The van der Waals surface area contributed by atoms with E-state index in [4.69, 9.17) is 0 Å². The zero-order valence-corrected chi connectivity index (χ0v) is 8.63. The van der Waals surface area contributed by atoms with Gasteiger partial charge in [-0.15, -0.1) is 0 Å². The van der Waals surface area contributed by atoms with E-state index in [-0.39, 0.29) is 11.6 Å². The number of H-pyrrole nitrogens is 1. The number of aromatic nitrogens is 1. The van der Waals surface area contributed by atoms with Gasteiger partial charge in [-0.05, 0) is 31.2 Å². The van der Waals surface area contributed by atoms with Gasteiger partial charge in [0.25, 0.3) is 0 Å². The molecule has 76 valence electrons. The molecule has 1 N–H and O–H groups in total. The lowest BCUT2D eigenvalue weighted by molar-refractivity contribution is 0.100. The van der Waals surface area contributed by atoms with Crippen molar-refractivity contribution in [2.45, 2.75) is 13.8 Å². The van der Waals surface area contributed by atoms with Crippen molar-refractivity contribution in [1.82, 2.24) is 4.98 Å². The molecule has 1 heterocycles. The highest BCUT2D eigenvalue weighted by molar-refractivity contribution is 6.01. The number of hydrogen-bond donors (Lipinski definition) is 1. The van der Waals surface area contributed by atoms with E-state index in [0.29, 0.717) is 11.3 Å². The van der Waals surface area contributed by atoms with Crippen LogP contribution in [0.5, 0.6) is 0 Å². The second kappa shape index (κ2) is 3.35. The Kier molecular flexibility index (Phi) is 2.15. The SMILES string of the molecule is CC(=O)c1ccc2[nH]c(C(C)=O)cc2c1. The molecular weight excluding hydrogens is 190 g/mol. The zero-order valence-electron chi connectivity index (χ0n) is 8.63. The van der Waals surface area contributed by atoms with Gasteiger partial charge in [-0.25, -0.2) is 0 Å². The van der Waals surface area contributed by atoms with Gasteiger partial charge in [0.15, 0.2) is 11.6 Å². The predicted octanol–water partition coefficient (Wildman–Crippen LogP) is 2.57. The van der Waals surface area contributed by atoms with Crippen LogP contribution in [-0.2, 0) is 0 Å². The molecule has 0 amide bonds. The molecule has 2 aromatic rings. The van der Waals surface area contributed by atoms with E-state index < -0.39 is 0 Å². The van der Waals surface area contributed by atoms with Crippen molar-refractivity contribution in [1.29, 1.82) is 0 Å². The quantitative estimate of drug-likeness (QED) is 0.759. The fraction of sp³-hybridized carbons (Fsp3) is 0.167. The molecule has 0 saturated heterocycles. The molecule has 3 nitrogen and oxygen atoms in total. The van der Waals surface area contributed by atoms with Crippen LogP contribution in [0.1, 0.15) is 34.7 Å². The Bertz CT molecular complexity index is 540. The van der Waals surface area contributed by atoms with Crippen LogP contribution in [0.2, 0.25) is 0 Å². The van der Waals surface area contributed by atoms with Gasteiger partial charge >= 0.3 is 0 Å². The number of Topliss-reactive ketones (excluding diaryl/α,β-unsaturated/α-hetero) is 2. The first-order valence-corrected chi connectivity index (χ1v) is 4.72. The second-order valence-corrected chi connectivity index (χ2v) is 3.60. The van der Waals surface area contributed by atoms with Gasteiger partial charge in [0.05, 0.1) is 5.69 Å². The van der Waals surface area contributed by atoms with Crippen LogP contribution in [0.4, 0.5) is 0 Å². The smallest absolute Gasteiger partial charge is 0.175 e. The first-order valence-electron chi connectivity index (χ1n) is 4.72. The molecule has 0 unspecified atom stereocenters. The predicted molar refractivity (Wildman–Crippen MR) is 58.3 cm³/mol. The van der Waals surface area contributed by atoms with E-state index in [2.05, 4.69) is 4.98 Å². The first kappa shape index (κ1) is 9.65. The summed E-state index contributed by atoms with van der Waals surface area (Å²) in [6.07, 6.45) is 0. The van der Waals surface area contributed by atoms with Crippen molar-refractivity contribution in [3.8, 4) is 0 Å². The largest absolute Gasteiger partial charge is 0.352 e. The Hall–Kier alpha value is -1.90. The van der Waals surface area contributed by atoms with Crippen LogP contribution in [0, 0.1) is 0 Å². The number of nitrogens with one attached hydrogen (secondary N) is 1. The fourth-order valence-electron chi connectivity index (χ4n) is 1.54. The summed E-state index contributed by atoms with van der Waals surface area (Å²) in [5.41, 5.74) is 2.12. The van der Waals surface area contributed by atoms with Crippen LogP contribution in [0.3, 0.4) is 0 Å². The maximum Gasteiger partial charge on any atom is 0.175 e. The molecular formula is C12H11NO2. The third kappa shape index (κ3) is 1.68. The summed E-state index contributed by atoms with van der Waals surface area (Å²) in [6, 6.07) is 7.13. The summed E-state index contributed by atoms with van der Waals surface area (Å²) in [6.45, 7) is 3.04. The van der Waals surface area contributed by atoms with Crippen molar-refractivity contribution in [2.24, 2.45) is 0 Å². The Morgan fingerprint density at radius 2 is 1.80 bits per heavy atom. The Morgan fingerprint density at radius 3 is 2.40 bits per heavy atom. The molecule has 0 bridgehead atoms. The van der Waals surface area contributed by atoms with Gasteiger partial charge in [0, 0.05) is 23.4 Å². The van der Waals surface area contributed by atoms with Gasteiger partial charge in [0.2, 0.25) is 0 Å². The van der Waals surface area contributed by atoms with Crippen LogP contribution in [-0.4, -0.2) is 16.6 Å². The number of fused-ring (bicyclic) bond motifs is 1. The molecule has 15 heavy (non-hydrogen) atoms. The van der Waals surface area contributed by atoms with Gasteiger partial charge in [-0.3, -0.25) is 9.59 Å². The third-order valence-electron chi connectivity index (χ3n) is 2.41. The third-order valence-corrected chi connectivity index (χ3v) is 2.41. The van der Waals surface area contributed by atoms with Crippen molar-refractivity contribution in [3.05, 3.63) is 35.5 Å². The molecule has 0 aliphatic heterocycles. The fourth-order valence-corrected chi connectivity index (χ4v) is 1.54. The highest BCUT2D eigenvalue weighted by Gasteiger charge is 2.06. The number of ketones is 2. The Labute approximate surface area is 87.1 Å². The highest BCUT2D eigenvalue weighted by atomic mass is 16.1. The minimum Gasteiger partial charge on any atom is -0.352 e. The Morgan fingerprint density at radius 1 is 1.07 bits per heavy atom. The second-order valence-electron chi connectivity index (χ2n) is 3.60. The molecule has 0 radical (unpaired) electrons. The molecule has 3 heteroatoms. The lowest BCUT2D eigenvalue weighted by Gasteiger charge is -1.94. The lowest BCUT2D eigenvalue weighted by atomic mass is 10.1. The van der Waals surface area contributed by atoms with Crippen molar-refractivity contribution in [2.75, 3.05) is 0 Å². The van der Waals surface area contributed by atoms with E-state index in [9.17, 15) is 9.59 Å². The normalized spacial score (nSPS) is 10.5. The van der Waals surface area contributed by atoms with Crippen LogP contribution < -0.4 is 0 Å². The molecule has 0 spiro atoms. The number of rotatable bonds is 2. The van der Waals surface area contributed by atoms with E-state index in [1.165, 1.54) is 13.8 Å². The zero-order chi connectivity index (χ0) is 11.0. The topological polar surface area (TPSA) is 49.9 Å². The molecule has 2 rings (SSSR count). The lowest BCUT2D eigenvalue weighted by Crippen LogP contribution is -1.90. The standard InChI is InChI=1S/C12H11NO2/c1-7(14)9-3-4-11-10(5-9)6-12(13-11)8(2)15/h3-6,13H,1-2H3. The molecule has 0 atom stereocenters. The summed E-state index contributed by atoms with van der Waals surface area (Å²) >= 11 is 0. The van der Waals surface area contributed by atoms with Gasteiger partial charge in [0.1, 0.15) is 0 Å². The monoisotopic (exact) mass is 201 g/mol. The number of carbonyl (C=O) groups is 2. The van der Waals surface area contributed by atoms with Crippen LogP contribution >= 0.6 is 0 Å². The van der Waals surface area contributed by atoms with Gasteiger partial charge in [-0.2, -0.15) is 0 Å². The summed E-state index contributed by atoms with van der Waals surface area (Å²) in [7, 11) is 0. The number of hydrogen-bond acceptors (Lipinski definition) is 2. The van der Waals surface area contributed by atoms with Gasteiger partial charge < -0.3 is 4.98 Å². The number of benzene rings is 1. The van der Waals surface area contributed by atoms with Crippen molar-refractivity contribution in [3.63, 3.8) is 0 Å². The van der Waals surface area contributed by atoms with E-state index in [1.807, 2.05) is 6.07 Å². The molecule has 1 aromatic carbocycles. The molecule has 1 aromatic heterocycles. The van der Waals surface area contributed by atoms with Crippen LogP contribution in [0.25, 0.3) is 10.9 Å². The first-order chi connectivity index (χ1) is 7.08. The number of carbonyl (C=O) groups excluding carboxylic acids is 2. The molecule has 0 aliphatic rings. The molecule has 0 aliphatic carbocycles. The van der Waals surface area contributed by atoms with E-state index in [0.717, 1.165) is 10.9 Å². The summed E-state index contributed by atoms with van der Waals surface area (Å²) in [4.78, 5) is 25.3. The van der Waals surface area contributed by atoms with E-state index >= 15 is 0 Å². The van der Waals surface area contributed by atoms with E-state index in [1.54, 1.807) is 18.2 Å². The minimum atomic E-state index is -0.00410. The maximum atomic E-state index is 11.2. The van der Waals surface area contributed by atoms with Crippen molar-refractivity contribution >= 4 is 22.5 Å². The Balaban J connectivity index is 2.62. The summed E-state index contributed by atoms with van der Waals surface area (Å²) in [5, 5.41) is 0.896. The molecule has 0 fully saturated rings. The summed E-state index contributed by atoms with van der Waals surface area (Å²) in [5.74, 6) is 0.0260. The van der Waals surface area contributed by atoms with Gasteiger partial charge in [-0.1, -0.05) is 0 Å². The maximum absolute atomic E-state index is 11.2. The molecule has 0 saturated carbocycles. The number of aromatic amines is 1. The average molecular weight is 201 g/mol. The van der Waals surface area contributed by atoms with Crippen LogP contribution in [0.15, 0.2) is 24.3 Å².